The van der Waals surface area contributed by atoms with Crippen LogP contribution in [0.25, 0.3) is 10.9 Å². The summed E-state index contributed by atoms with van der Waals surface area (Å²) in [5.41, 5.74) is 7.36. The fourth-order valence-electron chi connectivity index (χ4n) is 1.86. The molecule has 0 atom stereocenters. The van der Waals surface area contributed by atoms with Crippen molar-refractivity contribution in [2.75, 3.05) is 17.6 Å². The minimum Gasteiger partial charge on any atom is -0.399 e. The number of nitrogens with zero attached hydrogens (tertiary/aromatic N) is 5. The molecule has 7 nitrogen and oxygen atoms in total. The molecule has 1 aromatic carbocycles. The fourth-order valence-corrected chi connectivity index (χ4v) is 1.86. The number of aromatic nitrogens is 5. The van der Waals surface area contributed by atoms with Crippen LogP contribution >= 0.6 is 0 Å². The van der Waals surface area contributed by atoms with E-state index in [1.165, 1.54) is 6.33 Å². The fraction of sp³-hybridized carbons (Fsp3) is 0.167. The van der Waals surface area contributed by atoms with E-state index < -0.39 is 0 Å². The molecule has 96 valence electrons. The first-order valence-corrected chi connectivity index (χ1v) is 5.91. The van der Waals surface area contributed by atoms with Gasteiger partial charge in [-0.25, -0.2) is 9.97 Å². The van der Waals surface area contributed by atoms with Gasteiger partial charge in [-0.05, 0) is 18.2 Å². The predicted molar refractivity (Wildman–Crippen MR) is 72.5 cm³/mol. The van der Waals surface area contributed by atoms with Crippen LogP contribution in [0.15, 0.2) is 36.9 Å². The molecule has 2 heterocycles. The van der Waals surface area contributed by atoms with Crippen LogP contribution in [0.2, 0.25) is 0 Å². The van der Waals surface area contributed by atoms with Crippen molar-refractivity contribution < 1.29 is 0 Å². The molecule has 3 rings (SSSR count). The van der Waals surface area contributed by atoms with Gasteiger partial charge in [0.1, 0.15) is 12.1 Å². The van der Waals surface area contributed by atoms with Gasteiger partial charge < -0.3 is 11.1 Å². The molecule has 19 heavy (non-hydrogen) atoms. The second-order valence-electron chi connectivity index (χ2n) is 4.09. The number of nitrogens with one attached hydrogen (secondary N) is 1. The van der Waals surface area contributed by atoms with E-state index in [0.29, 0.717) is 18.8 Å². The summed E-state index contributed by atoms with van der Waals surface area (Å²) < 4.78 is 1.75. The summed E-state index contributed by atoms with van der Waals surface area (Å²) in [4.78, 5) is 8.45. The number of nitrogens with two attached hydrogens (primary N) is 1. The number of fused-ring (bicyclic) bond motifs is 1. The molecule has 3 N–H and O–H groups in total. The van der Waals surface area contributed by atoms with Gasteiger partial charge in [-0.15, -0.1) is 5.10 Å². The summed E-state index contributed by atoms with van der Waals surface area (Å²) in [5, 5.41) is 11.8. The van der Waals surface area contributed by atoms with E-state index in [1.807, 2.05) is 24.4 Å². The molecule has 0 aliphatic carbocycles. The largest absolute Gasteiger partial charge is 0.399 e. The van der Waals surface area contributed by atoms with Gasteiger partial charge in [0.25, 0.3) is 0 Å². The maximum atomic E-state index is 5.79. The van der Waals surface area contributed by atoms with Crippen LogP contribution in [0, 0.1) is 0 Å². The molecule has 0 saturated carbocycles. The standard InChI is InChI=1S/C12H13N7/c13-9-1-2-11-10(7-9)12(16-8-15-11)14-3-5-19-6-4-17-18-19/h1-2,4,6-8H,3,5,13H2,(H,14,15,16). The summed E-state index contributed by atoms with van der Waals surface area (Å²) in [6, 6.07) is 5.58. The lowest BCUT2D eigenvalue weighted by Gasteiger charge is -2.08. The first kappa shape index (κ1) is 11.4. The molecule has 3 aromatic rings. The Kier molecular flexibility index (Phi) is 2.93. The van der Waals surface area contributed by atoms with Crippen LogP contribution in [-0.4, -0.2) is 31.5 Å². The Morgan fingerprint density at radius 3 is 3.05 bits per heavy atom. The maximum Gasteiger partial charge on any atom is 0.137 e. The van der Waals surface area contributed by atoms with Crippen molar-refractivity contribution in [3.8, 4) is 0 Å². The topological polar surface area (TPSA) is 94.5 Å². The monoisotopic (exact) mass is 255 g/mol. The van der Waals surface area contributed by atoms with Gasteiger partial charge in [0.15, 0.2) is 0 Å². The predicted octanol–water partition coefficient (Wildman–Crippen LogP) is 0.916. The lowest BCUT2D eigenvalue weighted by molar-refractivity contribution is 0.608. The third-order valence-electron chi connectivity index (χ3n) is 2.76. The van der Waals surface area contributed by atoms with Gasteiger partial charge in [0.05, 0.1) is 18.3 Å². The van der Waals surface area contributed by atoms with Crippen LogP contribution in [0.5, 0.6) is 0 Å². The molecule has 0 saturated heterocycles. The molecular formula is C12H13N7. The normalized spacial score (nSPS) is 10.7. The average molecular weight is 255 g/mol. The van der Waals surface area contributed by atoms with Crippen molar-refractivity contribution in [2.45, 2.75) is 6.54 Å². The lowest BCUT2D eigenvalue weighted by atomic mass is 10.2. The summed E-state index contributed by atoms with van der Waals surface area (Å²) in [5.74, 6) is 0.775. The van der Waals surface area contributed by atoms with Gasteiger partial charge in [-0.2, -0.15) is 0 Å². The van der Waals surface area contributed by atoms with E-state index in [9.17, 15) is 0 Å². The van der Waals surface area contributed by atoms with Gasteiger partial charge in [0, 0.05) is 23.8 Å². The highest BCUT2D eigenvalue weighted by atomic mass is 15.4. The highest BCUT2D eigenvalue weighted by Gasteiger charge is 2.03. The second-order valence-corrected chi connectivity index (χ2v) is 4.09. The molecule has 0 amide bonds. The van der Waals surface area contributed by atoms with Gasteiger partial charge in [-0.1, -0.05) is 5.21 Å². The Morgan fingerprint density at radius 1 is 1.26 bits per heavy atom. The Bertz CT molecular complexity index is 678. The van der Waals surface area contributed by atoms with Crippen LogP contribution < -0.4 is 11.1 Å². The maximum absolute atomic E-state index is 5.79. The lowest BCUT2D eigenvalue weighted by Crippen LogP contribution is -2.12. The Balaban J connectivity index is 1.78. The number of nitrogen functional groups attached to an aromatic ring is 1. The van der Waals surface area contributed by atoms with E-state index in [4.69, 9.17) is 5.73 Å². The van der Waals surface area contributed by atoms with Crippen molar-refractivity contribution >= 4 is 22.4 Å². The van der Waals surface area contributed by atoms with Crippen molar-refractivity contribution in [3.63, 3.8) is 0 Å². The van der Waals surface area contributed by atoms with Crippen molar-refractivity contribution in [1.82, 2.24) is 25.0 Å². The molecule has 7 heteroatoms. The van der Waals surface area contributed by atoms with Crippen LogP contribution in [0.4, 0.5) is 11.5 Å². The number of rotatable bonds is 4. The van der Waals surface area contributed by atoms with E-state index >= 15 is 0 Å². The Labute approximate surface area is 109 Å². The molecular weight excluding hydrogens is 242 g/mol. The minimum absolute atomic E-state index is 0.696. The third-order valence-corrected chi connectivity index (χ3v) is 2.76. The first-order valence-electron chi connectivity index (χ1n) is 5.91. The zero-order valence-corrected chi connectivity index (χ0v) is 10.2. The molecule has 0 fully saturated rings. The molecule has 0 radical (unpaired) electrons. The number of hydrogen-bond acceptors (Lipinski definition) is 6. The Morgan fingerprint density at radius 2 is 2.21 bits per heavy atom. The molecule has 2 aromatic heterocycles. The summed E-state index contributed by atoms with van der Waals surface area (Å²) in [6.07, 6.45) is 5.01. The van der Waals surface area contributed by atoms with Crippen molar-refractivity contribution in [2.24, 2.45) is 0 Å². The number of benzene rings is 1. The zero-order chi connectivity index (χ0) is 13.1. The number of anilines is 2. The summed E-state index contributed by atoms with van der Waals surface area (Å²) >= 11 is 0. The highest BCUT2D eigenvalue weighted by Crippen LogP contribution is 2.21. The summed E-state index contributed by atoms with van der Waals surface area (Å²) in [6.45, 7) is 1.41. The van der Waals surface area contributed by atoms with Crippen LogP contribution in [-0.2, 0) is 6.54 Å². The van der Waals surface area contributed by atoms with Crippen LogP contribution in [0.3, 0.4) is 0 Å². The summed E-state index contributed by atoms with van der Waals surface area (Å²) in [7, 11) is 0. The smallest absolute Gasteiger partial charge is 0.137 e. The van der Waals surface area contributed by atoms with Crippen molar-refractivity contribution in [3.05, 3.63) is 36.9 Å². The third kappa shape index (κ3) is 2.44. The van der Waals surface area contributed by atoms with E-state index in [0.717, 1.165) is 16.7 Å². The Hall–Kier alpha value is -2.70. The molecule has 0 spiro atoms. The molecule has 0 bridgehead atoms. The van der Waals surface area contributed by atoms with E-state index in [2.05, 4.69) is 25.6 Å². The first-order chi connectivity index (χ1) is 9.33. The second kappa shape index (κ2) is 4.89. The van der Waals surface area contributed by atoms with Gasteiger partial charge in [-0.3, -0.25) is 4.68 Å². The zero-order valence-electron chi connectivity index (χ0n) is 10.2. The average Bonchev–Trinajstić information content (AvgIpc) is 2.92. The quantitative estimate of drug-likeness (QED) is 0.673. The molecule has 0 aliphatic rings. The van der Waals surface area contributed by atoms with Gasteiger partial charge >= 0.3 is 0 Å². The molecule has 0 unspecified atom stereocenters. The van der Waals surface area contributed by atoms with E-state index in [-0.39, 0.29) is 0 Å². The highest BCUT2D eigenvalue weighted by molar-refractivity contribution is 5.91. The van der Waals surface area contributed by atoms with Crippen LogP contribution in [0.1, 0.15) is 0 Å². The van der Waals surface area contributed by atoms with E-state index in [1.54, 1.807) is 10.9 Å². The van der Waals surface area contributed by atoms with Crippen molar-refractivity contribution in [1.29, 1.82) is 0 Å². The van der Waals surface area contributed by atoms with Gasteiger partial charge in [0.2, 0.25) is 0 Å². The number of hydrogen-bond donors (Lipinski definition) is 2. The SMILES string of the molecule is Nc1ccc2ncnc(NCCn3ccnn3)c2c1. The minimum atomic E-state index is 0.696. The molecule has 0 aliphatic heterocycles.